The van der Waals surface area contributed by atoms with E-state index in [0.29, 0.717) is 26.6 Å². The molecule has 0 aromatic carbocycles. The molecule has 0 N–H and O–H groups in total. The highest BCUT2D eigenvalue weighted by Gasteiger charge is 2.62. The zero-order chi connectivity index (χ0) is 42.1. The van der Waals surface area contributed by atoms with Crippen LogP contribution >= 0.6 is 23.2 Å². The predicted octanol–water partition coefficient (Wildman–Crippen LogP) is 6.25. The van der Waals surface area contributed by atoms with E-state index in [1.807, 2.05) is 19.9 Å². The Bertz CT molecular complexity index is 1070. The number of halogens is 5. The topological polar surface area (TPSA) is 120 Å². The SMILES string of the molecule is CCOCC.COCC1OC(C(C)(C)C)C(C2OC(COC)C3OCOC3C2C(C)(C)C)C2OCOC12.COCC1OC=CC2OCOC21.ClCCl.FB(F)F. The molecule has 13 atom stereocenters. The zero-order valence-electron chi connectivity index (χ0n) is 34.8. The van der Waals surface area contributed by atoms with E-state index in [-0.39, 0.29) is 109 Å². The number of ether oxygens (including phenoxy) is 13. The van der Waals surface area contributed by atoms with Crippen LogP contribution in [0.4, 0.5) is 12.9 Å². The Morgan fingerprint density at radius 2 is 1.07 bits per heavy atom. The van der Waals surface area contributed by atoms with Gasteiger partial charge in [-0.25, -0.2) is 0 Å². The number of methoxy groups -OCH3 is 3. The molecule has 0 saturated carbocycles. The summed E-state index contributed by atoms with van der Waals surface area (Å²) in [6.07, 6.45) is 2.28. The fourth-order valence-corrected chi connectivity index (χ4v) is 7.85. The quantitative estimate of drug-likeness (QED) is 0.192. The Hall–Kier alpha value is -0.505. The molecule has 19 heteroatoms. The molecule has 6 heterocycles. The molecular weight excluding hydrogens is 791 g/mol. The van der Waals surface area contributed by atoms with Gasteiger partial charge in [0.25, 0.3) is 0 Å². The van der Waals surface area contributed by atoms with Gasteiger partial charge >= 0.3 is 7.54 Å². The molecule has 6 aliphatic rings. The summed E-state index contributed by atoms with van der Waals surface area (Å²) in [6, 6.07) is 0. The molecule has 0 aromatic heterocycles. The van der Waals surface area contributed by atoms with Gasteiger partial charge in [-0.15, -0.1) is 23.2 Å². The molecule has 5 saturated heterocycles. The van der Waals surface area contributed by atoms with Crippen LogP contribution in [0.1, 0.15) is 55.4 Å². The minimum atomic E-state index is -3.67. The summed E-state index contributed by atoms with van der Waals surface area (Å²) in [6.45, 7) is 21.4. The van der Waals surface area contributed by atoms with Gasteiger partial charge in [0.2, 0.25) is 0 Å². The molecule has 0 radical (unpaired) electrons. The Labute approximate surface area is 342 Å². The van der Waals surface area contributed by atoms with Gasteiger partial charge in [0.05, 0.1) is 55.8 Å². The molecular formula is C37H66BCl2F3O13. The summed E-state index contributed by atoms with van der Waals surface area (Å²) in [5, 5.41) is 0.194. The third-order valence-corrected chi connectivity index (χ3v) is 9.88. The molecule has 0 aliphatic carbocycles. The standard InChI is InChI=1S/C24H42O8.C8H12O4.C4H10O.CH2Cl2.BF3/c1-23(2,3)16-19(31-13(9-25-7)18-21(16)30-12-28-18)15-20-17(27-11-29-20)14(10-26-8)32-22(15)24(4,5)6;1-9-4-7-8-6(2-3-10-7)11-5-12-8;1-3-5-4-2;2-1-3;2-1(3)4/h13-22H,9-12H2,1-8H3;2-3,6-8H,4-5H2,1H3;3-4H2,1-2H3;1H2;. The van der Waals surface area contributed by atoms with Crippen molar-refractivity contribution in [3.63, 3.8) is 0 Å². The molecule has 5 fully saturated rings. The summed E-state index contributed by atoms with van der Waals surface area (Å²) in [7, 11) is 1.37. The first-order valence-electron chi connectivity index (χ1n) is 19.0. The van der Waals surface area contributed by atoms with Crippen LogP contribution in [0.5, 0.6) is 0 Å². The lowest BCUT2D eigenvalue weighted by Gasteiger charge is -2.56. The Morgan fingerprint density at radius 1 is 0.625 bits per heavy atom. The minimum absolute atomic E-state index is 0.00468. The Kier molecular flexibility index (Phi) is 23.9. The lowest BCUT2D eigenvalue weighted by molar-refractivity contribution is -0.273. The van der Waals surface area contributed by atoms with Gasteiger partial charge in [0.15, 0.2) is 0 Å². The van der Waals surface area contributed by atoms with E-state index in [2.05, 4.69) is 41.5 Å². The van der Waals surface area contributed by atoms with E-state index in [1.54, 1.807) is 27.6 Å². The largest absolute Gasteiger partial charge is 0.762 e. The molecule has 0 amide bonds. The number of fused-ring (bicyclic) bond motifs is 3. The average Bonchev–Trinajstić information content (AvgIpc) is 3.91. The van der Waals surface area contributed by atoms with Crippen molar-refractivity contribution in [2.24, 2.45) is 22.7 Å². The van der Waals surface area contributed by atoms with Gasteiger partial charge < -0.3 is 61.6 Å². The van der Waals surface area contributed by atoms with E-state index in [4.69, 9.17) is 84.8 Å². The average molecular weight is 858 g/mol. The van der Waals surface area contributed by atoms with Crippen molar-refractivity contribution in [2.45, 2.75) is 123 Å². The van der Waals surface area contributed by atoms with Crippen molar-refractivity contribution in [1.29, 1.82) is 0 Å². The zero-order valence-corrected chi connectivity index (χ0v) is 36.3. The van der Waals surface area contributed by atoms with Gasteiger partial charge in [-0.05, 0) is 30.8 Å². The maximum atomic E-state index is 9.67. The van der Waals surface area contributed by atoms with E-state index < -0.39 is 7.54 Å². The summed E-state index contributed by atoms with van der Waals surface area (Å²) in [5.74, 6) is 0.0507. The second-order valence-electron chi connectivity index (χ2n) is 15.7. The molecule has 13 unspecified atom stereocenters. The highest BCUT2D eigenvalue weighted by Crippen LogP contribution is 2.51. The van der Waals surface area contributed by atoms with Crippen molar-refractivity contribution in [3.8, 4) is 0 Å². The first kappa shape index (κ1) is 51.6. The third-order valence-electron chi connectivity index (χ3n) is 9.88. The molecule has 6 rings (SSSR count). The first-order valence-corrected chi connectivity index (χ1v) is 20.0. The lowest BCUT2D eigenvalue weighted by atomic mass is 9.62. The Balaban J connectivity index is 0.000000366. The normalized spacial score (nSPS) is 35.7. The monoisotopic (exact) mass is 856 g/mol. The molecule has 13 nitrogen and oxygen atoms in total. The van der Waals surface area contributed by atoms with Crippen LogP contribution in [-0.2, 0) is 61.6 Å². The van der Waals surface area contributed by atoms with Crippen LogP contribution in [0.3, 0.4) is 0 Å². The maximum absolute atomic E-state index is 9.67. The van der Waals surface area contributed by atoms with Gasteiger partial charge in [-0.2, -0.15) is 0 Å². The fraction of sp³-hybridized carbons (Fsp3) is 0.946. The minimum Gasteiger partial charge on any atom is -0.493 e. The number of hydrogen-bond acceptors (Lipinski definition) is 13. The predicted molar refractivity (Wildman–Crippen MR) is 205 cm³/mol. The molecule has 0 spiro atoms. The van der Waals surface area contributed by atoms with Crippen molar-refractivity contribution >= 4 is 30.7 Å². The third kappa shape index (κ3) is 15.2. The van der Waals surface area contributed by atoms with Crippen molar-refractivity contribution < 1.29 is 74.5 Å². The van der Waals surface area contributed by atoms with Gasteiger partial charge in [0, 0.05) is 46.4 Å². The number of alkyl halides is 2. The van der Waals surface area contributed by atoms with Crippen LogP contribution in [0.2, 0.25) is 0 Å². The highest BCUT2D eigenvalue weighted by molar-refractivity contribution is 6.40. The van der Waals surface area contributed by atoms with E-state index in [9.17, 15) is 12.9 Å². The van der Waals surface area contributed by atoms with Crippen LogP contribution in [0, 0.1) is 22.7 Å². The Morgan fingerprint density at radius 3 is 1.55 bits per heavy atom. The first-order chi connectivity index (χ1) is 26.5. The summed E-state index contributed by atoms with van der Waals surface area (Å²) < 4.78 is 104. The van der Waals surface area contributed by atoms with Gasteiger partial charge in [-0.3, -0.25) is 12.9 Å². The van der Waals surface area contributed by atoms with Gasteiger partial charge in [-0.1, -0.05) is 41.5 Å². The number of rotatable bonds is 9. The molecule has 6 aliphatic heterocycles. The lowest BCUT2D eigenvalue weighted by Crippen LogP contribution is -2.67. The molecule has 0 bridgehead atoms. The van der Waals surface area contributed by atoms with Crippen LogP contribution in [-0.4, -0.2) is 155 Å². The number of hydrogen-bond donors (Lipinski definition) is 0. The van der Waals surface area contributed by atoms with Crippen LogP contribution in [0.25, 0.3) is 0 Å². The van der Waals surface area contributed by atoms with Crippen molar-refractivity contribution in [1.82, 2.24) is 0 Å². The van der Waals surface area contributed by atoms with Crippen LogP contribution in [0.15, 0.2) is 12.3 Å². The van der Waals surface area contributed by atoms with Crippen molar-refractivity contribution in [3.05, 3.63) is 12.3 Å². The van der Waals surface area contributed by atoms with Gasteiger partial charge in [0.1, 0.15) is 63.1 Å². The molecule has 56 heavy (non-hydrogen) atoms. The van der Waals surface area contributed by atoms with E-state index in [0.717, 1.165) is 13.2 Å². The second-order valence-corrected chi connectivity index (χ2v) is 16.5. The summed E-state index contributed by atoms with van der Waals surface area (Å²) in [4.78, 5) is 0. The fourth-order valence-electron chi connectivity index (χ4n) is 7.85. The van der Waals surface area contributed by atoms with E-state index >= 15 is 0 Å². The van der Waals surface area contributed by atoms with E-state index in [1.165, 1.54) is 0 Å². The maximum Gasteiger partial charge on any atom is 0.762 e. The second kappa shape index (κ2) is 26.0. The highest BCUT2D eigenvalue weighted by atomic mass is 35.5. The smallest absolute Gasteiger partial charge is 0.493 e. The summed E-state index contributed by atoms with van der Waals surface area (Å²) in [5.41, 5.74) is -0.222. The van der Waals surface area contributed by atoms with Crippen LogP contribution < -0.4 is 0 Å². The molecule has 0 aromatic rings. The van der Waals surface area contributed by atoms with Crippen molar-refractivity contribution in [2.75, 3.05) is 80.1 Å². The molecule has 330 valence electrons. The summed E-state index contributed by atoms with van der Waals surface area (Å²) >= 11 is 9.53.